The first-order valence-corrected chi connectivity index (χ1v) is 14.1. The largest absolute Gasteiger partial charge is 0.508 e. The molecular formula is C30H43N7O6. The maximum atomic E-state index is 13.4. The second-order valence-corrected chi connectivity index (χ2v) is 10.8. The molecule has 4 atom stereocenters. The number of rotatable bonds is 17. The van der Waals surface area contributed by atoms with Crippen molar-refractivity contribution >= 4 is 29.7 Å². The molecule has 0 bridgehead atoms. The second kappa shape index (κ2) is 17.3. The number of benzene rings is 2. The SMILES string of the molecule is CC(C)C[C@H](NC(=O)[C@@H](N)Cc1ccc(O)cc1)C(=O)N[C@@H](CCCN=C(N)N)C(=O)N[C@@H](Cc1ccccc1)C(=O)O. The number of aromatic hydroxyl groups is 1. The zero-order chi connectivity index (χ0) is 31.9. The van der Waals surface area contributed by atoms with Crippen molar-refractivity contribution in [2.45, 2.75) is 70.1 Å². The van der Waals surface area contributed by atoms with E-state index in [0.29, 0.717) is 12.0 Å². The molecule has 0 fully saturated rings. The summed E-state index contributed by atoms with van der Waals surface area (Å²) in [6.07, 6.45) is 0.898. The van der Waals surface area contributed by atoms with Crippen LogP contribution in [0.4, 0.5) is 0 Å². The molecule has 0 saturated heterocycles. The van der Waals surface area contributed by atoms with Gasteiger partial charge in [-0.3, -0.25) is 19.4 Å². The van der Waals surface area contributed by atoms with E-state index in [1.165, 1.54) is 12.1 Å². The average molecular weight is 598 g/mol. The van der Waals surface area contributed by atoms with E-state index in [9.17, 15) is 29.4 Å². The third-order valence-corrected chi connectivity index (χ3v) is 6.54. The van der Waals surface area contributed by atoms with Crippen LogP contribution in [0.1, 0.15) is 44.2 Å². The quantitative estimate of drug-likeness (QED) is 0.0702. The highest BCUT2D eigenvalue weighted by molar-refractivity contribution is 5.94. The molecule has 0 aromatic heterocycles. The fraction of sp³-hybridized carbons (Fsp3) is 0.433. The molecule has 0 spiro atoms. The Hall–Kier alpha value is -4.65. The van der Waals surface area contributed by atoms with Crippen LogP contribution < -0.4 is 33.2 Å². The van der Waals surface area contributed by atoms with Crippen molar-refractivity contribution < 1.29 is 29.4 Å². The number of nitrogens with two attached hydrogens (primary N) is 3. The van der Waals surface area contributed by atoms with Crippen molar-refractivity contribution in [2.24, 2.45) is 28.1 Å². The van der Waals surface area contributed by atoms with E-state index in [1.54, 1.807) is 42.5 Å². The summed E-state index contributed by atoms with van der Waals surface area (Å²) in [4.78, 5) is 55.6. The number of nitrogens with one attached hydrogen (secondary N) is 3. The molecule has 13 nitrogen and oxygen atoms in total. The van der Waals surface area contributed by atoms with Crippen molar-refractivity contribution in [1.29, 1.82) is 0 Å². The molecule has 2 aromatic rings. The van der Waals surface area contributed by atoms with Crippen LogP contribution in [0, 0.1) is 5.92 Å². The average Bonchev–Trinajstić information content (AvgIpc) is 2.95. The Bertz CT molecular complexity index is 1230. The topological polar surface area (TPSA) is 235 Å². The summed E-state index contributed by atoms with van der Waals surface area (Å²) < 4.78 is 0. The van der Waals surface area contributed by atoms with Gasteiger partial charge in [-0.25, -0.2) is 4.79 Å². The first kappa shape index (κ1) is 34.6. The Morgan fingerprint density at radius 1 is 0.791 bits per heavy atom. The number of hydrogen-bond donors (Lipinski definition) is 8. The summed E-state index contributed by atoms with van der Waals surface area (Å²) in [6, 6.07) is 10.8. The Morgan fingerprint density at radius 2 is 1.35 bits per heavy atom. The van der Waals surface area contributed by atoms with Gasteiger partial charge in [0.15, 0.2) is 5.96 Å². The normalized spacial score (nSPS) is 13.7. The van der Waals surface area contributed by atoms with E-state index >= 15 is 0 Å². The molecule has 0 aliphatic heterocycles. The molecule has 0 saturated carbocycles. The predicted octanol–water partition coefficient (Wildman–Crippen LogP) is 0.143. The number of carboxylic acids is 1. The summed E-state index contributed by atoms with van der Waals surface area (Å²) in [7, 11) is 0. The van der Waals surface area contributed by atoms with Crippen molar-refractivity contribution in [3.8, 4) is 5.75 Å². The molecule has 0 aliphatic carbocycles. The lowest BCUT2D eigenvalue weighted by Crippen LogP contribution is -2.57. The van der Waals surface area contributed by atoms with Crippen LogP contribution in [0.5, 0.6) is 5.75 Å². The number of phenols is 1. The number of aliphatic imine (C=N–C) groups is 1. The van der Waals surface area contributed by atoms with Gasteiger partial charge >= 0.3 is 5.97 Å². The summed E-state index contributed by atoms with van der Waals surface area (Å²) in [6.45, 7) is 3.94. The monoisotopic (exact) mass is 597 g/mol. The van der Waals surface area contributed by atoms with Crippen molar-refractivity contribution in [3.63, 3.8) is 0 Å². The van der Waals surface area contributed by atoms with E-state index in [4.69, 9.17) is 17.2 Å². The van der Waals surface area contributed by atoms with Crippen molar-refractivity contribution in [3.05, 3.63) is 65.7 Å². The first-order chi connectivity index (χ1) is 20.3. The number of guanidine groups is 1. The molecule has 234 valence electrons. The minimum Gasteiger partial charge on any atom is -0.508 e. The van der Waals surface area contributed by atoms with Gasteiger partial charge in [-0.05, 0) is 54.9 Å². The van der Waals surface area contributed by atoms with Gasteiger partial charge in [-0.1, -0.05) is 56.3 Å². The van der Waals surface area contributed by atoms with Crippen LogP contribution in [0.15, 0.2) is 59.6 Å². The molecule has 43 heavy (non-hydrogen) atoms. The highest BCUT2D eigenvalue weighted by atomic mass is 16.4. The fourth-order valence-electron chi connectivity index (χ4n) is 4.33. The fourth-order valence-corrected chi connectivity index (χ4v) is 4.33. The Balaban J connectivity index is 2.17. The number of hydrogen-bond acceptors (Lipinski definition) is 7. The molecule has 13 heteroatoms. The molecule has 0 radical (unpaired) electrons. The lowest BCUT2D eigenvalue weighted by atomic mass is 10.0. The third kappa shape index (κ3) is 12.8. The van der Waals surface area contributed by atoms with E-state index in [-0.39, 0.29) is 49.9 Å². The number of carbonyl (C=O) groups is 4. The lowest BCUT2D eigenvalue weighted by molar-refractivity contribution is -0.142. The summed E-state index contributed by atoms with van der Waals surface area (Å²) >= 11 is 0. The van der Waals surface area contributed by atoms with Gasteiger partial charge in [0, 0.05) is 13.0 Å². The van der Waals surface area contributed by atoms with Crippen LogP contribution in [0.2, 0.25) is 0 Å². The van der Waals surface area contributed by atoms with E-state index in [0.717, 1.165) is 5.56 Å². The van der Waals surface area contributed by atoms with Crippen molar-refractivity contribution in [2.75, 3.05) is 6.54 Å². The van der Waals surface area contributed by atoms with Gasteiger partial charge in [0.2, 0.25) is 17.7 Å². The highest BCUT2D eigenvalue weighted by Gasteiger charge is 2.30. The molecule has 2 aromatic carbocycles. The number of aliphatic carboxylic acids is 1. The van der Waals surface area contributed by atoms with Crippen LogP contribution in [-0.4, -0.2) is 70.6 Å². The van der Waals surface area contributed by atoms with Crippen LogP contribution in [-0.2, 0) is 32.0 Å². The molecule has 0 aliphatic rings. The number of nitrogens with zero attached hydrogens (tertiary/aromatic N) is 1. The van der Waals surface area contributed by atoms with Gasteiger partial charge in [0.25, 0.3) is 0 Å². The molecule has 3 amide bonds. The van der Waals surface area contributed by atoms with Crippen LogP contribution >= 0.6 is 0 Å². The number of carbonyl (C=O) groups excluding carboxylic acids is 3. The Labute approximate surface area is 251 Å². The molecule has 0 heterocycles. The summed E-state index contributed by atoms with van der Waals surface area (Å²) in [5, 5.41) is 27.1. The smallest absolute Gasteiger partial charge is 0.326 e. The molecular weight excluding hydrogens is 554 g/mol. The zero-order valence-corrected chi connectivity index (χ0v) is 24.5. The predicted molar refractivity (Wildman–Crippen MR) is 163 cm³/mol. The van der Waals surface area contributed by atoms with Gasteiger partial charge in [0.1, 0.15) is 23.9 Å². The molecule has 2 rings (SSSR count). The number of carboxylic acid groups (broad SMARTS) is 1. The maximum Gasteiger partial charge on any atom is 0.326 e. The van der Waals surface area contributed by atoms with Gasteiger partial charge in [0.05, 0.1) is 6.04 Å². The molecule has 0 unspecified atom stereocenters. The number of amides is 3. The Morgan fingerprint density at radius 3 is 1.93 bits per heavy atom. The summed E-state index contributed by atoms with van der Waals surface area (Å²) in [5.41, 5.74) is 18.3. The van der Waals surface area contributed by atoms with E-state index in [2.05, 4.69) is 20.9 Å². The van der Waals surface area contributed by atoms with Crippen LogP contribution in [0.3, 0.4) is 0 Å². The highest BCUT2D eigenvalue weighted by Crippen LogP contribution is 2.12. The minimum atomic E-state index is -1.24. The van der Waals surface area contributed by atoms with Crippen molar-refractivity contribution in [1.82, 2.24) is 16.0 Å². The van der Waals surface area contributed by atoms with Gasteiger partial charge in [-0.15, -0.1) is 0 Å². The standard InChI is InChI=1S/C30H43N7O6/c1-18(2)15-24(36-26(39)22(31)16-20-10-12-21(38)13-11-20)28(41)35-23(9-6-14-34-30(32)33)27(40)37-25(29(42)43)17-19-7-4-3-5-8-19/h3-5,7-8,10-13,18,22-25,38H,6,9,14-17,31H2,1-2H3,(H,35,41)(H,36,39)(H,37,40)(H,42,43)(H4,32,33,34)/t22-,23-,24-,25-/m0/s1. The van der Waals surface area contributed by atoms with E-state index in [1.807, 2.05) is 13.8 Å². The summed E-state index contributed by atoms with van der Waals surface area (Å²) in [5.74, 6) is -3.13. The third-order valence-electron chi connectivity index (χ3n) is 6.54. The van der Waals surface area contributed by atoms with Gasteiger partial charge < -0.3 is 43.4 Å². The van der Waals surface area contributed by atoms with Crippen LogP contribution in [0.25, 0.3) is 0 Å². The Kier molecular flexibility index (Phi) is 13.9. The lowest BCUT2D eigenvalue weighted by Gasteiger charge is -2.26. The van der Waals surface area contributed by atoms with Gasteiger partial charge in [-0.2, -0.15) is 0 Å². The zero-order valence-electron chi connectivity index (χ0n) is 24.5. The maximum absolute atomic E-state index is 13.4. The molecule has 11 N–H and O–H groups in total. The second-order valence-electron chi connectivity index (χ2n) is 10.8. The first-order valence-electron chi connectivity index (χ1n) is 14.1. The minimum absolute atomic E-state index is 0.000722. The number of phenolic OH excluding ortho intramolecular Hbond substituents is 1. The van der Waals surface area contributed by atoms with E-state index < -0.39 is 47.9 Å².